The lowest BCUT2D eigenvalue weighted by atomic mass is 9.94. The van der Waals surface area contributed by atoms with E-state index in [2.05, 4.69) is 32.2 Å². The van der Waals surface area contributed by atoms with E-state index in [1.165, 1.54) is 31.2 Å². The van der Waals surface area contributed by atoms with Crippen molar-refractivity contribution in [1.82, 2.24) is 5.32 Å². The number of benzene rings is 2. The Balaban J connectivity index is 1.75. The van der Waals surface area contributed by atoms with Crippen molar-refractivity contribution in [1.29, 1.82) is 5.26 Å². The van der Waals surface area contributed by atoms with Crippen molar-refractivity contribution in [2.24, 2.45) is 0 Å². The standard InChI is InChI=1S/C29H42N2O4/c1-5-6-7-8-9-10-17-34-27-15-16-28(24(18-27)20-30)35-22-25(32)21-31-29(2,3)19-23-11-13-26(33-4)14-12-23/h11-16,18,25,31-32H,5-10,17,19,21-22H2,1-4H3/t25-/m1/s1. The molecule has 2 N–H and O–H groups in total. The van der Waals surface area contributed by atoms with Crippen LogP contribution in [-0.4, -0.2) is 43.6 Å². The van der Waals surface area contributed by atoms with Crippen LogP contribution in [-0.2, 0) is 6.42 Å². The number of hydrogen-bond donors (Lipinski definition) is 2. The van der Waals surface area contributed by atoms with Gasteiger partial charge >= 0.3 is 0 Å². The Bertz CT molecular complexity index is 906. The fraction of sp³-hybridized carbons (Fsp3) is 0.552. The highest BCUT2D eigenvalue weighted by atomic mass is 16.5. The summed E-state index contributed by atoms with van der Waals surface area (Å²) in [6.07, 6.45) is 7.33. The van der Waals surface area contributed by atoms with Crippen LogP contribution in [0.5, 0.6) is 17.2 Å². The fourth-order valence-electron chi connectivity index (χ4n) is 3.84. The van der Waals surface area contributed by atoms with Gasteiger partial charge in [-0.25, -0.2) is 0 Å². The lowest BCUT2D eigenvalue weighted by Gasteiger charge is -2.28. The minimum Gasteiger partial charge on any atom is -0.497 e. The molecule has 2 aromatic rings. The van der Waals surface area contributed by atoms with Crippen LogP contribution in [0.3, 0.4) is 0 Å². The van der Waals surface area contributed by atoms with E-state index in [1.807, 2.05) is 30.3 Å². The van der Waals surface area contributed by atoms with E-state index in [4.69, 9.17) is 14.2 Å². The van der Waals surface area contributed by atoms with Crippen molar-refractivity contribution in [2.45, 2.75) is 77.4 Å². The van der Waals surface area contributed by atoms with Crippen molar-refractivity contribution in [2.75, 3.05) is 26.9 Å². The zero-order valence-electron chi connectivity index (χ0n) is 21.8. The zero-order chi connectivity index (χ0) is 25.5. The largest absolute Gasteiger partial charge is 0.497 e. The molecule has 0 amide bonds. The van der Waals surface area contributed by atoms with Gasteiger partial charge in [0, 0.05) is 18.2 Å². The van der Waals surface area contributed by atoms with E-state index < -0.39 is 6.10 Å². The van der Waals surface area contributed by atoms with Crippen LogP contribution < -0.4 is 19.5 Å². The summed E-state index contributed by atoms with van der Waals surface area (Å²) in [6, 6.07) is 15.4. The summed E-state index contributed by atoms with van der Waals surface area (Å²) in [5.74, 6) is 1.96. The van der Waals surface area contributed by atoms with Crippen LogP contribution >= 0.6 is 0 Å². The van der Waals surface area contributed by atoms with Gasteiger partial charge < -0.3 is 24.6 Å². The third-order valence-electron chi connectivity index (χ3n) is 5.89. The first kappa shape index (κ1) is 28.5. The molecule has 6 heteroatoms. The molecule has 0 bridgehead atoms. The summed E-state index contributed by atoms with van der Waals surface area (Å²) in [6.45, 7) is 7.54. The monoisotopic (exact) mass is 482 g/mol. The molecule has 0 saturated heterocycles. The topological polar surface area (TPSA) is 83.7 Å². The Morgan fingerprint density at radius 2 is 1.66 bits per heavy atom. The smallest absolute Gasteiger partial charge is 0.137 e. The third-order valence-corrected chi connectivity index (χ3v) is 5.89. The number of unbranched alkanes of at least 4 members (excludes halogenated alkanes) is 5. The normalized spacial score (nSPS) is 12.1. The molecule has 0 aromatic heterocycles. The Kier molecular flexibility index (Phi) is 12.4. The van der Waals surface area contributed by atoms with Gasteiger partial charge in [0.1, 0.15) is 36.0 Å². The molecule has 0 fully saturated rings. The lowest BCUT2D eigenvalue weighted by molar-refractivity contribution is 0.0986. The van der Waals surface area contributed by atoms with Gasteiger partial charge in [0.25, 0.3) is 0 Å². The van der Waals surface area contributed by atoms with E-state index >= 15 is 0 Å². The molecule has 35 heavy (non-hydrogen) atoms. The summed E-state index contributed by atoms with van der Waals surface area (Å²) in [7, 11) is 1.66. The second-order valence-corrected chi connectivity index (χ2v) is 9.64. The van der Waals surface area contributed by atoms with Crippen LogP contribution in [0.25, 0.3) is 0 Å². The SMILES string of the molecule is CCCCCCCCOc1ccc(OC[C@H](O)CNC(C)(C)Cc2ccc(OC)cc2)c(C#N)c1. The van der Waals surface area contributed by atoms with Crippen molar-refractivity contribution in [3.8, 4) is 23.3 Å². The maximum Gasteiger partial charge on any atom is 0.137 e. The number of rotatable bonds is 17. The van der Waals surface area contributed by atoms with Crippen LogP contribution in [0.1, 0.15) is 70.4 Å². The van der Waals surface area contributed by atoms with Gasteiger partial charge in [0.2, 0.25) is 0 Å². The molecule has 192 valence electrons. The molecule has 6 nitrogen and oxygen atoms in total. The average molecular weight is 483 g/mol. The van der Waals surface area contributed by atoms with Crippen molar-refractivity contribution < 1.29 is 19.3 Å². The van der Waals surface area contributed by atoms with Crippen LogP contribution in [0.15, 0.2) is 42.5 Å². The summed E-state index contributed by atoms with van der Waals surface area (Å²) in [5.41, 5.74) is 1.39. The average Bonchev–Trinajstić information content (AvgIpc) is 2.86. The van der Waals surface area contributed by atoms with Gasteiger partial charge in [0.15, 0.2) is 0 Å². The number of aliphatic hydroxyl groups excluding tert-OH is 1. The number of ether oxygens (including phenoxy) is 3. The molecule has 0 aliphatic heterocycles. The van der Waals surface area contributed by atoms with Crippen LogP contribution in [0, 0.1) is 11.3 Å². The predicted octanol–water partition coefficient (Wildman–Crippen LogP) is 5.66. The van der Waals surface area contributed by atoms with E-state index in [1.54, 1.807) is 19.2 Å². The Hall–Kier alpha value is -2.75. The molecule has 0 unspecified atom stereocenters. The van der Waals surface area contributed by atoms with Crippen molar-refractivity contribution in [3.63, 3.8) is 0 Å². The second-order valence-electron chi connectivity index (χ2n) is 9.64. The van der Waals surface area contributed by atoms with Gasteiger partial charge in [-0.1, -0.05) is 51.2 Å². The maximum absolute atomic E-state index is 10.4. The number of methoxy groups -OCH3 is 1. The summed E-state index contributed by atoms with van der Waals surface area (Å²) < 4.78 is 16.8. The Labute approximate surface area is 211 Å². The number of β-amino-alcohol motifs (C(OH)–C–C–N with tert-alkyl or cyclic N) is 1. The maximum atomic E-state index is 10.4. The van der Waals surface area contributed by atoms with Gasteiger partial charge in [-0.15, -0.1) is 0 Å². The second kappa shape index (κ2) is 15.3. The quantitative estimate of drug-likeness (QED) is 0.283. The first-order valence-corrected chi connectivity index (χ1v) is 12.7. The first-order chi connectivity index (χ1) is 16.9. The van der Waals surface area contributed by atoms with E-state index in [-0.39, 0.29) is 12.1 Å². The minimum absolute atomic E-state index is 0.0955. The van der Waals surface area contributed by atoms with E-state index in [0.29, 0.717) is 30.2 Å². The molecule has 0 spiro atoms. The summed E-state index contributed by atoms with van der Waals surface area (Å²) in [5, 5.41) is 23.4. The molecular formula is C29H42N2O4. The molecule has 0 saturated carbocycles. The number of hydrogen-bond acceptors (Lipinski definition) is 6. The van der Waals surface area contributed by atoms with E-state index in [9.17, 15) is 10.4 Å². The summed E-state index contributed by atoms with van der Waals surface area (Å²) >= 11 is 0. The molecule has 0 aliphatic rings. The van der Waals surface area contributed by atoms with Crippen LogP contribution in [0.2, 0.25) is 0 Å². The van der Waals surface area contributed by atoms with Crippen LogP contribution in [0.4, 0.5) is 0 Å². The molecular weight excluding hydrogens is 440 g/mol. The minimum atomic E-state index is -0.708. The Morgan fingerprint density at radius 1 is 0.971 bits per heavy atom. The molecule has 0 radical (unpaired) electrons. The highest BCUT2D eigenvalue weighted by Crippen LogP contribution is 2.24. The summed E-state index contributed by atoms with van der Waals surface area (Å²) in [4.78, 5) is 0. The van der Waals surface area contributed by atoms with Crippen molar-refractivity contribution >= 4 is 0 Å². The fourth-order valence-corrected chi connectivity index (χ4v) is 3.84. The Morgan fingerprint density at radius 3 is 2.34 bits per heavy atom. The number of nitrogens with zero attached hydrogens (tertiary/aromatic N) is 1. The molecule has 0 heterocycles. The molecule has 2 rings (SSSR count). The number of nitrogens with one attached hydrogen (secondary N) is 1. The number of nitriles is 1. The molecule has 0 aliphatic carbocycles. The first-order valence-electron chi connectivity index (χ1n) is 12.7. The van der Waals surface area contributed by atoms with Crippen molar-refractivity contribution in [3.05, 3.63) is 53.6 Å². The zero-order valence-corrected chi connectivity index (χ0v) is 21.8. The number of aliphatic hydroxyl groups is 1. The highest BCUT2D eigenvalue weighted by Gasteiger charge is 2.20. The lowest BCUT2D eigenvalue weighted by Crippen LogP contribution is -2.46. The van der Waals surface area contributed by atoms with Gasteiger partial charge in [-0.3, -0.25) is 0 Å². The van der Waals surface area contributed by atoms with Gasteiger partial charge in [-0.05, 0) is 56.5 Å². The third kappa shape index (κ3) is 11.0. The van der Waals surface area contributed by atoms with E-state index in [0.717, 1.165) is 25.0 Å². The highest BCUT2D eigenvalue weighted by molar-refractivity contribution is 5.47. The van der Waals surface area contributed by atoms with Gasteiger partial charge in [-0.2, -0.15) is 5.26 Å². The predicted molar refractivity (Wildman–Crippen MR) is 140 cm³/mol. The molecule has 1 atom stereocenters. The molecule has 2 aromatic carbocycles. The van der Waals surface area contributed by atoms with Gasteiger partial charge in [0.05, 0.1) is 19.3 Å².